The van der Waals surface area contributed by atoms with Crippen LogP contribution in [0.1, 0.15) is 16.2 Å². The molecular weight excluding hydrogens is 340 g/mol. The van der Waals surface area contributed by atoms with Crippen molar-refractivity contribution >= 4 is 23.3 Å². The molecule has 0 aliphatic carbocycles. The number of anilines is 1. The third-order valence-corrected chi connectivity index (χ3v) is 4.25. The molecule has 1 aromatic carbocycles. The smallest absolute Gasteiger partial charge is 0.277 e. The number of benzene rings is 1. The van der Waals surface area contributed by atoms with E-state index < -0.39 is 0 Å². The number of fused-ring (bicyclic) bond motifs is 1. The lowest BCUT2D eigenvalue weighted by molar-refractivity contribution is 0.0961. The highest BCUT2D eigenvalue weighted by atomic mass is 35.5. The molecule has 6 nitrogen and oxygen atoms in total. The highest BCUT2D eigenvalue weighted by Crippen LogP contribution is 2.26. The molecule has 1 amide bonds. The summed E-state index contributed by atoms with van der Waals surface area (Å²) >= 11 is 6.17. The van der Waals surface area contributed by atoms with Crippen LogP contribution < -0.4 is 9.64 Å². The summed E-state index contributed by atoms with van der Waals surface area (Å²) in [6, 6.07) is 14.7. The zero-order chi connectivity index (χ0) is 17.2. The van der Waals surface area contributed by atoms with Gasteiger partial charge in [0, 0.05) is 12.7 Å². The molecule has 7 heteroatoms. The van der Waals surface area contributed by atoms with Gasteiger partial charge < -0.3 is 4.74 Å². The highest BCUT2D eigenvalue weighted by molar-refractivity contribution is 6.33. The average Bonchev–Trinajstić information content (AvgIpc) is 3.06. The summed E-state index contributed by atoms with van der Waals surface area (Å²) in [6.07, 6.45) is 1.62. The molecule has 0 spiro atoms. The molecule has 0 N–H and O–H groups in total. The topological polar surface area (TPSA) is 60.2 Å². The van der Waals surface area contributed by atoms with Gasteiger partial charge in [0.1, 0.15) is 23.7 Å². The number of carbonyl (C=O) groups excluding carboxylic acids is 1. The van der Waals surface area contributed by atoms with Crippen molar-refractivity contribution < 1.29 is 9.53 Å². The van der Waals surface area contributed by atoms with Crippen molar-refractivity contribution in [3.8, 4) is 5.75 Å². The summed E-state index contributed by atoms with van der Waals surface area (Å²) in [5, 5.41) is 4.91. The lowest BCUT2D eigenvalue weighted by Crippen LogP contribution is -2.41. The summed E-state index contributed by atoms with van der Waals surface area (Å²) in [4.78, 5) is 18.6. The quantitative estimate of drug-likeness (QED) is 0.722. The van der Waals surface area contributed by atoms with E-state index in [1.807, 2.05) is 30.3 Å². The van der Waals surface area contributed by atoms with Crippen LogP contribution in [-0.2, 0) is 13.2 Å². The second-order valence-corrected chi connectivity index (χ2v) is 6.02. The van der Waals surface area contributed by atoms with E-state index in [1.165, 1.54) is 0 Å². The van der Waals surface area contributed by atoms with E-state index >= 15 is 0 Å². The fourth-order valence-corrected chi connectivity index (χ4v) is 2.99. The van der Waals surface area contributed by atoms with E-state index in [-0.39, 0.29) is 5.91 Å². The fraction of sp³-hybridized carbons (Fsp3) is 0.167. The summed E-state index contributed by atoms with van der Waals surface area (Å²) < 4.78 is 7.41. The van der Waals surface area contributed by atoms with Crippen LogP contribution in [-0.4, -0.2) is 27.2 Å². The second kappa shape index (κ2) is 6.57. The molecule has 0 unspecified atom stereocenters. The lowest BCUT2D eigenvalue weighted by Gasteiger charge is -2.27. The van der Waals surface area contributed by atoms with Gasteiger partial charge in [0.2, 0.25) is 0 Å². The Morgan fingerprint density at radius 1 is 1.12 bits per heavy atom. The van der Waals surface area contributed by atoms with Gasteiger partial charge in [-0.3, -0.25) is 14.4 Å². The minimum Gasteiger partial charge on any atom is -0.487 e. The normalized spacial score (nSPS) is 13.6. The maximum Gasteiger partial charge on any atom is 0.277 e. The molecule has 1 aliphatic rings. The maximum atomic E-state index is 12.8. The fourth-order valence-electron chi connectivity index (χ4n) is 2.77. The monoisotopic (exact) mass is 354 g/mol. The number of rotatable bonds is 4. The van der Waals surface area contributed by atoms with Gasteiger partial charge in [-0.1, -0.05) is 29.8 Å². The van der Waals surface area contributed by atoms with Crippen LogP contribution in [0.25, 0.3) is 0 Å². The first-order valence-electron chi connectivity index (χ1n) is 7.89. The maximum absolute atomic E-state index is 12.8. The number of para-hydroxylation sites is 1. The largest absolute Gasteiger partial charge is 0.487 e. The minimum atomic E-state index is -0.162. The Balaban J connectivity index is 1.54. The number of amides is 1. The van der Waals surface area contributed by atoms with Gasteiger partial charge in [0.25, 0.3) is 5.91 Å². The first-order chi connectivity index (χ1) is 12.2. The summed E-state index contributed by atoms with van der Waals surface area (Å²) in [7, 11) is 0. The molecule has 1 aliphatic heterocycles. The second-order valence-electron chi connectivity index (χ2n) is 5.61. The molecule has 3 aromatic rings. The lowest BCUT2D eigenvalue weighted by atomic mass is 10.2. The van der Waals surface area contributed by atoms with Crippen LogP contribution in [0.5, 0.6) is 5.75 Å². The molecule has 0 saturated carbocycles. The molecule has 25 heavy (non-hydrogen) atoms. The number of hydrogen-bond donors (Lipinski definition) is 0. The molecule has 0 atom stereocenters. The van der Waals surface area contributed by atoms with E-state index in [0.29, 0.717) is 41.9 Å². The van der Waals surface area contributed by atoms with E-state index in [2.05, 4.69) is 10.1 Å². The van der Waals surface area contributed by atoms with Crippen molar-refractivity contribution in [3.63, 3.8) is 0 Å². The zero-order valence-corrected chi connectivity index (χ0v) is 14.1. The van der Waals surface area contributed by atoms with Crippen LogP contribution in [0.2, 0.25) is 5.02 Å². The van der Waals surface area contributed by atoms with Gasteiger partial charge >= 0.3 is 0 Å². The van der Waals surface area contributed by atoms with Crippen molar-refractivity contribution in [1.29, 1.82) is 0 Å². The molecule has 4 rings (SSSR count). The Bertz CT molecular complexity index is 910. The number of hydrogen-bond acceptors (Lipinski definition) is 4. The average molecular weight is 355 g/mol. The number of carbonyl (C=O) groups is 1. The molecule has 0 saturated heterocycles. The molecular formula is C18H15ClN4O2. The molecule has 2 aromatic heterocycles. The van der Waals surface area contributed by atoms with Gasteiger partial charge in [0.15, 0.2) is 5.82 Å². The Labute approximate surface area is 149 Å². The minimum absolute atomic E-state index is 0.162. The zero-order valence-electron chi connectivity index (χ0n) is 13.3. The molecule has 126 valence electrons. The Kier molecular flexibility index (Phi) is 4.11. The van der Waals surface area contributed by atoms with E-state index in [1.54, 1.807) is 34.0 Å². The van der Waals surface area contributed by atoms with Crippen molar-refractivity contribution in [2.24, 2.45) is 0 Å². The number of pyridine rings is 1. The van der Waals surface area contributed by atoms with Crippen molar-refractivity contribution in [2.45, 2.75) is 13.2 Å². The van der Waals surface area contributed by atoms with Gasteiger partial charge in [0.05, 0.1) is 11.6 Å². The van der Waals surface area contributed by atoms with Crippen molar-refractivity contribution in [2.75, 3.05) is 11.4 Å². The van der Waals surface area contributed by atoms with Crippen molar-refractivity contribution in [1.82, 2.24) is 14.8 Å². The molecule has 0 radical (unpaired) electrons. The Morgan fingerprint density at radius 2 is 1.96 bits per heavy atom. The number of halogens is 1. The third-order valence-electron chi connectivity index (χ3n) is 3.95. The van der Waals surface area contributed by atoms with Crippen LogP contribution in [0, 0.1) is 0 Å². The summed E-state index contributed by atoms with van der Waals surface area (Å²) in [6.45, 7) is 1.37. The number of aromatic nitrogens is 3. The van der Waals surface area contributed by atoms with Gasteiger partial charge in [-0.05, 0) is 30.3 Å². The highest BCUT2D eigenvalue weighted by Gasteiger charge is 2.29. The van der Waals surface area contributed by atoms with Gasteiger partial charge in [-0.15, -0.1) is 0 Å². The number of ether oxygens (including phenoxy) is 1. The Hall–Kier alpha value is -2.86. The van der Waals surface area contributed by atoms with Gasteiger partial charge in [-0.25, -0.2) is 4.98 Å². The number of nitrogens with zero attached hydrogens (tertiary/aromatic N) is 4. The SMILES string of the molecule is O=C1c2cc(COc3ccccc3)nn2CCN1c1ncccc1Cl. The predicted octanol–water partition coefficient (Wildman–Crippen LogP) is 3.17. The van der Waals surface area contributed by atoms with Crippen LogP contribution in [0.3, 0.4) is 0 Å². The standard InChI is InChI=1S/C18H15ClN4O2/c19-15-7-4-8-20-17(15)22-9-10-23-16(18(22)24)11-13(21-23)12-25-14-5-2-1-3-6-14/h1-8,11H,9-10,12H2. The van der Waals surface area contributed by atoms with Gasteiger partial charge in [-0.2, -0.15) is 5.10 Å². The van der Waals surface area contributed by atoms with Crippen molar-refractivity contribution in [3.05, 3.63) is 71.1 Å². The first-order valence-corrected chi connectivity index (χ1v) is 8.27. The third kappa shape index (κ3) is 3.08. The molecule has 3 heterocycles. The summed E-state index contributed by atoms with van der Waals surface area (Å²) in [5.41, 5.74) is 1.22. The first kappa shape index (κ1) is 15.7. The predicted molar refractivity (Wildman–Crippen MR) is 93.9 cm³/mol. The van der Waals surface area contributed by atoms with Crippen LogP contribution >= 0.6 is 11.6 Å². The van der Waals surface area contributed by atoms with Crippen LogP contribution in [0.4, 0.5) is 5.82 Å². The van der Waals surface area contributed by atoms with E-state index in [9.17, 15) is 4.79 Å². The van der Waals surface area contributed by atoms with E-state index in [0.717, 1.165) is 5.75 Å². The van der Waals surface area contributed by atoms with Crippen LogP contribution in [0.15, 0.2) is 54.7 Å². The molecule has 0 bridgehead atoms. The molecule has 0 fully saturated rings. The summed E-state index contributed by atoms with van der Waals surface area (Å²) in [5.74, 6) is 1.08. The Morgan fingerprint density at radius 3 is 2.76 bits per heavy atom. The van der Waals surface area contributed by atoms with E-state index in [4.69, 9.17) is 16.3 Å².